The molecule has 1 rings (SSSR count). The first-order valence-electron chi connectivity index (χ1n) is 5.49. The summed E-state index contributed by atoms with van der Waals surface area (Å²) in [6, 6.07) is 3.42. The number of aromatic nitrogens is 1. The maximum absolute atomic E-state index is 12.2. The highest BCUT2D eigenvalue weighted by atomic mass is 16.4. The summed E-state index contributed by atoms with van der Waals surface area (Å²) in [6.45, 7) is 5.86. The Kier molecular flexibility index (Phi) is 3.93. The average Bonchev–Trinajstić information content (AvgIpc) is 2.67. The molecule has 0 unspecified atom stereocenters. The van der Waals surface area contributed by atoms with E-state index < -0.39 is 11.5 Å². The van der Waals surface area contributed by atoms with Gasteiger partial charge in [0.2, 0.25) is 0 Å². The second kappa shape index (κ2) is 5.03. The van der Waals surface area contributed by atoms with Gasteiger partial charge in [0.15, 0.2) is 0 Å². The van der Waals surface area contributed by atoms with Gasteiger partial charge >= 0.3 is 5.97 Å². The van der Waals surface area contributed by atoms with Gasteiger partial charge in [-0.1, -0.05) is 0 Å². The van der Waals surface area contributed by atoms with Crippen LogP contribution in [0.3, 0.4) is 0 Å². The average molecular weight is 238 g/mol. The molecule has 2 N–H and O–H groups in total. The number of H-pyrrole nitrogens is 1. The van der Waals surface area contributed by atoms with Crippen molar-refractivity contribution in [3.63, 3.8) is 0 Å². The normalized spacial score (nSPS) is 11.2. The minimum Gasteiger partial charge on any atom is -0.481 e. The van der Waals surface area contributed by atoms with E-state index in [9.17, 15) is 9.59 Å². The van der Waals surface area contributed by atoms with E-state index in [-0.39, 0.29) is 18.9 Å². The molecule has 0 fully saturated rings. The molecule has 0 aliphatic carbocycles. The highest BCUT2D eigenvalue weighted by Gasteiger charge is 2.27. The first kappa shape index (κ1) is 13.3. The first-order valence-corrected chi connectivity index (χ1v) is 5.49. The van der Waals surface area contributed by atoms with E-state index >= 15 is 0 Å². The van der Waals surface area contributed by atoms with Crippen LogP contribution in [0.5, 0.6) is 0 Å². The number of nitrogens with one attached hydrogen (secondary N) is 1. The van der Waals surface area contributed by atoms with Gasteiger partial charge in [-0.05, 0) is 32.9 Å². The van der Waals surface area contributed by atoms with Crippen molar-refractivity contribution in [3.8, 4) is 0 Å². The molecule has 0 aliphatic heterocycles. The van der Waals surface area contributed by atoms with Crippen molar-refractivity contribution in [2.24, 2.45) is 0 Å². The van der Waals surface area contributed by atoms with E-state index in [1.165, 1.54) is 0 Å². The number of carbonyl (C=O) groups excluding carboxylic acids is 1. The lowest BCUT2D eigenvalue weighted by molar-refractivity contribution is -0.137. The van der Waals surface area contributed by atoms with Gasteiger partial charge < -0.3 is 15.0 Å². The Morgan fingerprint density at radius 2 is 2.06 bits per heavy atom. The molecule has 0 bridgehead atoms. The third kappa shape index (κ3) is 3.62. The third-order valence-corrected chi connectivity index (χ3v) is 2.43. The van der Waals surface area contributed by atoms with Gasteiger partial charge in [0.25, 0.3) is 5.91 Å². The topological polar surface area (TPSA) is 73.4 Å². The van der Waals surface area contributed by atoms with Crippen molar-refractivity contribution >= 4 is 11.9 Å². The van der Waals surface area contributed by atoms with Crippen LogP contribution in [-0.4, -0.2) is 39.0 Å². The molecule has 0 saturated carbocycles. The standard InChI is InChI=1S/C12H18N2O3/c1-12(2,3)14(8-6-10(15)16)11(17)9-5-4-7-13-9/h4-5,7,13H,6,8H2,1-3H3,(H,15,16). The van der Waals surface area contributed by atoms with Crippen LogP contribution in [0.2, 0.25) is 0 Å². The lowest BCUT2D eigenvalue weighted by Crippen LogP contribution is -2.46. The SMILES string of the molecule is CC(C)(C)N(CCC(=O)O)C(=O)c1ccc[nH]1. The molecular formula is C12H18N2O3. The summed E-state index contributed by atoms with van der Waals surface area (Å²) in [6.07, 6.45) is 1.62. The van der Waals surface area contributed by atoms with Crippen LogP contribution in [0, 0.1) is 0 Å². The van der Waals surface area contributed by atoms with Crippen LogP contribution in [0.1, 0.15) is 37.7 Å². The molecular weight excluding hydrogens is 220 g/mol. The highest BCUT2D eigenvalue weighted by Crippen LogP contribution is 2.17. The third-order valence-electron chi connectivity index (χ3n) is 2.43. The number of hydrogen-bond donors (Lipinski definition) is 2. The van der Waals surface area contributed by atoms with Crippen LogP contribution in [0.25, 0.3) is 0 Å². The van der Waals surface area contributed by atoms with Gasteiger partial charge in [0, 0.05) is 18.3 Å². The number of rotatable bonds is 4. The van der Waals surface area contributed by atoms with Crippen LogP contribution < -0.4 is 0 Å². The summed E-state index contributed by atoms with van der Waals surface area (Å²) in [4.78, 5) is 27.2. The summed E-state index contributed by atoms with van der Waals surface area (Å²) in [7, 11) is 0. The van der Waals surface area contributed by atoms with Crippen molar-refractivity contribution in [1.82, 2.24) is 9.88 Å². The van der Waals surface area contributed by atoms with E-state index in [1.807, 2.05) is 20.8 Å². The number of carboxylic acid groups (broad SMARTS) is 1. The van der Waals surface area contributed by atoms with Crippen LogP contribution in [0.4, 0.5) is 0 Å². The molecule has 94 valence electrons. The van der Waals surface area contributed by atoms with Crippen LogP contribution in [-0.2, 0) is 4.79 Å². The largest absolute Gasteiger partial charge is 0.481 e. The lowest BCUT2D eigenvalue weighted by atomic mass is 10.0. The van der Waals surface area contributed by atoms with E-state index in [4.69, 9.17) is 5.11 Å². The second-order valence-corrected chi connectivity index (χ2v) is 4.86. The summed E-state index contributed by atoms with van der Waals surface area (Å²) in [5.74, 6) is -1.08. The zero-order valence-corrected chi connectivity index (χ0v) is 10.4. The number of carboxylic acids is 1. The zero-order valence-electron chi connectivity index (χ0n) is 10.4. The number of aliphatic carboxylic acids is 1. The minimum absolute atomic E-state index is 0.0519. The maximum Gasteiger partial charge on any atom is 0.305 e. The van der Waals surface area contributed by atoms with Crippen LogP contribution in [0.15, 0.2) is 18.3 Å². The predicted molar refractivity (Wildman–Crippen MR) is 63.8 cm³/mol. The monoisotopic (exact) mass is 238 g/mol. The van der Waals surface area contributed by atoms with Crippen LogP contribution >= 0.6 is 0 Å². The molecule has 0 saturated heterocycles. The van der Waals surface area contributed by atoms with Gasteiger partial charge in [0.1, 0.15) is 5.69 Å². The smallest absolute Gasteiger partial charge is 0.305 e. The van der Waals surface area contributed by atoms with Gasteiger partial charge in [-0.2, -0.15) is 0 Å². The molecule has 0 spiro atoms. The first-order chi connectivity index (χ1) is 7.82. The lowest BCUT2D eigenvalue weighted by Gasteiger charge is -2.35. The molecule has 0 atom stereocenters. The molecule has 17 heavy (non-hydrogen) atoms. The van der Waals surface area contributed by atoms with E-state index in [0.29, 0.717) is 5.69 Å². The minimum atomic E-state index is -0.904. The molecule has 5 heteroatoms. The summed E-state index contributed by atoms with van der Waals surface area (Å²) in [5.41, 5.74) is 0.0720. The number of nitrogens with zero attached hydrogens (tertiary/aromatic N) is 1. The Balaban J connectivity index is 2.84. The Bertz CT molecular complexity index is 390. The predicted octanol–water partition coefficient (Wildman–Crippen LogP) is 1.73. The van der Waals surface area contributed by atoms with E-state index in [0.717, 1.165) is 0 Å². The molecule has 0 aliphatic rings. The fourth-order valence-corrected chi connectivity index (χ4v) is 1.56. The zero-order chi connectivity index (χ0) is 13.1. The number of aromatic amines is 1. The van der Waals surface area contributed by atoms with Gasteiger partial charge in [0.05, 0.1) is 6.42 Å². The van der Waals surface area contributed by atoms with Crippen molar-refractivity contribution < 1.29 is 14.7 Å². The highest BCUT2D eigenvalue weighted by molar-refractivity contribution is 5.93. The van der Waals surface area contributed by atoms with Gasteiger partial charge in [-0.3, -0.25) is 9.59 Å². The summed E-state index contributed by atoms with van der Waals surface area (Å²) < 4.78 is 0. The number of carbonyl (C=O) groups is 2. The maximum atomic E-state index is 12.2. The molecule has 0 radical (unpaired) electrons. The van der Waals surface area contributed by atoms with E-state index in [2.05, 4.69) is 4.98 Å². The molecule has 1 amide bonds. The number of amides is 1. The Labute approximate surface area is 100 Å². The van der Waals surface area contributed by atoms with E-state index in [1.54, 1.807) is 23.2 Å². The molecule has 1 heterocycles. The molecule has 1 aromatic heterocycles. The Morgan fingerprint density at radius 1 is 1.41 bits per heavy atom. The Morgan fingerprint density at radius 3 is 2.47 bits per heavy atom. The second-order valence-electron chi connectivity index (χ2n) is 4.86. The van der Waals surface area contributed by atoms with Gasteiger partial charge in [-0.25, -0.2) is 0 Å². The number of hydrogen-bond acceptors (Lipinski definition) is 2. The van der Waals surface area contributed by atoms with Crippen molar-refractivity contribution in [3.05, 3.63) is 24.0 Å². The van der Waals surface area contributed by atoms with Crippen molar-refractivity contribution in [1.29, 1.82) is 0 Å². The molecule has 0 aromatic carbocycles. The fraction of sp³-hybridized carbons (Fsp3) is 0.500. The quantitative estimate of drug-likeness (QED) is 0.839. The summed E-state index contributed by atoms with van der Waals surface area (Å²) in [5, 5.41) is 8.69. The fourth-order valence-electron chi connectivity index (χ4n) is 1.56. The molecule has 1 aromatic rings. The summed E-state index contributed by atoms with van der Waals surface area (Å²) >= 11 is 0. The van der Waals surface area contributed by atoms with Gasteiger partial charge in [-0.15, -0.1) is 0 Å². The van der Waals surface area contributed by atoms with Crippen molar-refractivity contribution in [2.75, 3.05) is 6.54 Å². The van der Waals surface area contributed by atoms with Crippen molar-refractivity contribution in [2.45, 2.75) is 32.7 Å². The molecule has 5 nitrogen and oxygen atoms in total. The Hall–Kier alpha value is -1.78.